The van der Waals surface area contributed by atoms with E-state index in [9.17, 15) is 4.79 Å². The number of amides is 1. The van der Waals surface area contributed by atoms with Crippen LogP contribution in [0.5, 0.6) is 0 Å². The minimum atomic E-state index is -0.257. The molecular formula is C23H16BrClN4O. The molecule has 0 bridgehead atoms. The molecule has 4 rings (SSSR count). The minimum absolute atomic E-state index is 0.257. The standard InChI is InChI=1S/C23H16BrClN4O/c24-16-5-3-6-17(12-16)29-23-19-13-18(9-10-21(19)26-14-27-23)28-22(30)11-8-15-4-1-2-7-20(15)25/h1-14H,(H,28,30)(H,26,27,29). The first-order chi connectivity index (χ1) is 14.6. The predicted molar refractivity (Wildman–Crippen MR) is 126 cm³/mol. The van der Waals surface area contributed by atoms with Crippen molar-refractivity contribution >= 4 is 67.6 Å². The summed E-state index contributed by atoms with van der Waals surface area (Å²) in [6.07, 6.45) is 4.64. The van der Waals surface area contributed by atoms with Gasteiger partial charge in [0.25, 0.3) is 0 Å². The Morgan fingerprint density at radius 1 is 0.967 bits per heavy atom. The molecule has 4 aromatic rings. The van der Waals surface area contributed by atoms with E-state index in [-0.39, 0.29) is 5.91 Å². The monoisotopic (exact) mass is 478 g/mol. The van der Waals surface area contributed by atoms with Gasteiger partial charge in [0.15, 0.2) is 0 Å². The molecule has 0 saturated carbocycles. The van der Waals surface area contributed by atoms with Crippen LogP contribution in [0.4, 0.5) is 17.2 Å². The van der Waals surface area contributed by atoms with Crippen LogP contribution in [0, 0.1) is 0 Å². The molecule has 0 saturated heterocycles. The van der Waals surface area contributed by atoms with Crippen LogP contribution in [0.1, 0.15) is 5.56 Å². The molecular weight excluding hydrogens is 464 g/mol. The largest absolute Gasteiger partial charge is 0.340 e. The lowest BCUT2D eigenvalue weighted by molar-refractivity contribution is -0.111. The smallest absolute Gasteiger partial charge is 0.248 e. The highest BCUT2D eigenvalue weighted by molar-refractivity contribution is 9.10. The van der Waals surface area contributed by atoms with Gasteiger partial charge < -0.3 is 10.6 Å². The van der Waals surface area contributed by atoms with Crippen LogP contribution in [0.15, 0.2) is 83.6 Å². The first kappa shape index (κ1) is 20.1. The van der Waals surface area contributed by atoms with Gasteiger partial charge in [-0.05, 0) is 54.1 Å². The second-order valence-electron chi connectivity index (χ2n) is 6.43. The minimum Gasteiger partial charge on any atom is -0.340 e. The van der Waals surface area contributed by atoms with Gasteiger partial charge in [-0.1, -0.05) is 51.8 Å². The van der Waals surface area contributed by atoms with Crippen molar-refractivity contribution in [3.8, 4) is 0 Å². The second kappa shape index (κ2) is 9.07. The highest BCUT2D eigenvalue weighted by Gasteiger charge is 2.07. The highest BCUT2D eigenvalue weighted by atomic mass is 79.9. The van der Waals surface area contributed by atoms with E-state index < -0.39 is 0 Å². The average Bonchev–Trinajstić information content (AvgIpc) is 2.74. The fourth-order valence-electron chi connectivity index (χ4n) is 2.90. The number of nitrogens with one attached hydrogen (secondary N) is 2. The third kappa shape index (κ3) is 4.84. The number of fused-ring (bicyclic) bond motifs is 1. The third-order valence-corrected chi connectivity index (χ3v) is 5.15. The topological polar surface area (TPSA) is 66.9 Å². The number of rotatable bonds is 5. The molecule has 0 radical (unpaired) electrons. The summed E-state index contributed by atoms with van der Waals surface area (Å²) in [6.45, 7) is 0. The zero-order chi connectivity index (χ0) is 20.9. The summed E-state index contributed by atoms with van der Waals surface area (Å²) in [7, 11) is 0. The molecule has 0 aliphatic rings. The quantitative estimate of drug-likeness (QED) is 0.323. The summed E-state index contributed by atoms with van der Waals surface area (Å²) < 4.78 is 0.962. The lowest BCUT2D eigenvalue weighted by Gasteiger charge is -2.10. The number of halogens is 2. The number of anilines is 3. The van der Waals surface area contributed by atoms with E-state index in [1.54, 1.807) is 18.2 Å². The summed E-state index contributed by atoms with van der Waals surface area (Å²) in [6, 6.07) is 20.6. The second-order valence-corrected chi connectivity index (χ2v) is 7.76. The molecule has 7 heteroatoms. The van der Waals surface area contributed by atoms with Crippen molar-refractivity contribution in [2.24, 2.45) is 0 Å². The van der Waals surface area contributed by atoms with Gasteiger partial charge in [0.05, 0.1) is 5.52 Å². The van der Waals surface area contributed by atoms with Gasteiger partial charge in [-0.25, -0.2) is 9.97 Å². The van der Waals surface area contributed by atoms with Gasteiger partial charge >= 0.3 is 0 Å². The van der Waals surface area contributed by atoms with Crippen LogP contribution in [0.2, 0.25) is 5.02 Å². The Morgan fingerprint density at radius 2 is 1.83 bits per heavy atom. The van der Waals surface area contributed by atoms with Crippen LogP contribution in [0.25, 0.3) is 17.0 Å². The molecule has 0 unspecified atom stereocenters. The van der Waals surface area contributed by atoms with Crippen molar-refractivity contribution < 1.29 is 4.79 Å². The van der Waals surface area contributed by atoms with E-state index in [1.165, 1.54) is 12.4 Å². The lowest BCUT2D eigenvalue weighted by atomic mass is 10.2. The zero-order valence-corrected chi connectivity index (χ0v) is 18.0. The summed E-state index contributed by atoms with van der Waals surface area (Å²) in [5.74, 6) is 0.397. The zero-order valence-electron chi connectivity index (χ0n) is 15.6. The Morgan fingerprint density at radius 3 is 2.67 bits per heavy atom. The Bertz CT molecular complexity index is 1260. The molecule has 0 aliphatic carbocycles. The first-order valence-electron chi connectivity index (χ1n) is 9.09. The Labute approximate surface area is 187 Å². The molecule has 2 N–H and O–H groups in total. The van der Waals surface area contributed by atoms with Crippen molar-refractivity contribution in [2.75, 3.05) is 10.6 Å². The van der Waals surface area contributed by atoms with E-state index in [0.717, 1.165) is 26.6 Å². The van der Waals surface area contributed by atoms with Crippen LogP contribution in [-0.2, 0) is 4.79 Å². The van der Waals surface area contributed by atoms with E-state index >= 15 is 0 Å². The number of nitrogens with zero attached hydrogens (tertiary/aromatic N) is 2. The normalized spacial score (nSPS) is 11.0. The van der Waals surface area contributed by atoms with E-state index in [4.69, 9.17) is 11.6 Å². The molecule has 0 atom stereocenters. The van der Waals surface area contributed by atoms with Gasteiger partial charge in [-0.15, -0.1) is 0 Å². The fourth-order valence-corrected chi connectivity index (χ4v) is 3.49. The Balaban J connectivity index is 1.56. The Hall–Kier alpha value is -3.22. The predicted octanol–water partition coefficient (Wildman–Crippen LogP) is 6.44. The summed E-state index contributed by atoms with van der Waals surface area (Å²) in [4.78, 5) is 21.0. The Kier molecular flexibility index (Phi) is 6.07. The van der Waals surface area contributed by atoms with E-state index in [2.05, 4.69) is 36.5 Å². The van der Waals surface area contributed by atoms with Gasteiger partial charge in [-0.2, -0.15) is 0 Å². The van der Waals surface area contributed by atoms with Crippen LogP contribution in [-0.4, -0.2) is 15.9 Å². The number of hydrogen-bond donors (Lipinski definition) is 2. The van der Waals surface area contributed by atoms with Gasteiger partial charge in [0, 0.05) is 32.3 Å². The SMILES string of the molecule is O=C(C=Cc1ccccc1Cl)Nc1ccc2ncnc(Nc3cccc(Br)c3)c2c1. The molecule has 0 aliphatic heterocycles. The lowest BCUT2D eigenvalue weighted by Crippen LogP contribution is -2.08. The van der Waals surface area contributed by atoms with Crippen molar-refractivity contribution in [1.82, 2.24) is 9.97 Å². The van der Waals surface area contributed by atoms with Crippen molar-refractivity contribution in [1.29, 1.82) is 0 Å². The molecule has 0 spiro atoms. The molecule has 30 heavy (non-hydrogen) atoms. The van der Waals surface area contributed by atoms with Gasteiger partial charge in [0.1, 0.15) is 12.1 Å². The summed E-state index contributed by atoms with van der Waals surface area (Å²) >= 11 is 9.59. The molecule has 148 valence electrons. The number of carbonyl (C=O) groups is 1. The number of benzene rings is 3. The molecule has 0 fully saturated rings. The summed E-state index contributed by atoms with van der Waals surface area (Å²) in [5, 5.41) is 7.55. The van der Waals surface area contributed by atoms with Crippen molar-refractivity contribution in [2.45, 2.75) is 0 Å². The van der Waals surface area contributed by atoms with Crippen LogP contribution in [0.3, 0.4) is 0 Å². The van der Waals surface area contributed by atoms with Crippen LogP contribution < -0.4 is 10.6 Å². The maximum absolute atomic E-state index is 12.4. The maximum atomic E-state index is 12.4. The molecule has 1 heterocycles. The highest BCUT2D eigenvalue weighted by Crippen LogP contribution is 2.27. The van der Waals surface area contributed by atoms with E-state index in [0.29, 0.717) is 16.5 Å². The fraction of sp³-hybridized carbons (Fsp3) is 0. The van der Waals surface area contributed by atoms with E-state index in [1.807, 2.05) is 54.6 Å². The number of hydrogen-bond acceptors (Lipinski definition) is 4. The van der Waals surface area contributed by atoms with Crippen molar-refractivity contribution in [3.05, 3.63) is 94.2 Å². The number of carbonyl (C=O) groups excluding carboxylic acids is 1. The van der Waals surface area contributed by atoms with Gasteiger partial charge in [0.2, 0.25) is 5.91 Å². The molecule has 3 aromatic carbocycles. The molecule has 1 aromatic heterocycles. The van der Waals surface area contributed by atoms with Gasteiger partial charge in [-0.3, -0.25) is 4.79 Å². The average molecular weight is 480 g/mol. The molecule has 5 nitrogen and oxygen atoms in total. The third-order valence-electron chi connectivity index (χ3n) is 4.31. The summed E-state index contributed by atoms with van der Waals surface area (Å²) in [5.41, 5.74) is 3.08. The molecule has 1 amide bonds. The van der Waals surface area contributed by atoms with Crippen LogP contribution >= 0.6 is 27.5 Å². The van der Waals surface area contributed by atoms with Crippen molar-refractivity contribution in [3.63, 3.8) is 0 Å². The first-order valence-corrected chi connectivity index (χ1v) is 10.3. The maximum Gasteiger partial charge on any atom is 0.248 e. The number of aromatic nitrogens is 2.